The topological polar surface area (TPSA) is 106 Å². The van der Waals surface area contributed by atoms with Crippen LogP contribution in [0.25, 0.3) is 11.0 Å². The van der Waals surface area contributed by atoms with Crippen LogP contribution in [0.15, 0.2) is 48.8 Å². The van der Waals surface area contributed by atoms with Gasteiger partial charge in [-0.2, -0.15) is 5.10 Å². The van der Waals surface area contributed by atoms with Gasteiger partial charge in [0, 0.05) is 36.9 Å². The molecule has 3 fully saturated rings. The van der Waals surface area contributed by atoms with Gasteiger partial charge in [-0.1, -0.05) is 18.2 Å². The molecular formula is C26H28FN7O3. The molecule has 11 heteroatoms. The number of alkyl halides is 1. The summed E-state index contributed by atoms with van der Waals surface area (Å²) in [4.78, 5) is 51.1. The summed E-state index contributed by atoms with van der Waals surface area (Å²) in [7, 11) is 0. The summed E-state index contributed by atoms with van der Waals surface area (Å²) < 4.78 is 13.7. The molecule has 3 aliphatic heterocycles. The Morgan fingerprint density at radius 1 is 1.08 bits per heavy atom. The largest absolute Gasteiger partial charge is 0.339 e. The van der Waals surface area contributed by atoms with Gasteiger partial charge in [0.05, 0.1) is 25.0 Å². The number of pyridine rings is 1. The van der Waals surface area contributed by atoms with Gasteiger partial charge in [0.1, 0.15) is 18.3 Å². The van der Waals surface area contributed by atoms with Crippen LogP contribution < -0.4 is 4.90 Å². The SMILES string of the molecule is O=C(CN1CN(c2ccccc2)C2(CCN(C(=O)c3cnc4[nH]ncc4c3)CC2)C1=O)N1CC[C@H](F)C1. The Morgan fingerprint density at radius 3 is 2.59 bits per heavy atom. The number of aromatic nitrogens is 3. The zero-order chi connectivity index (χ0) is 25.6. The molecule has 0 aliphatic carbocycles. The summed E-state index contributed by atoms with van der Waals surface area (Å²) in [5.41, 5.74) is 1.14. The minimum Gasteiger partial charge on any atom is -0.339 e. The molecule has 3 aromatic rings. The molecule has 192 valence electrons. The average molecular weight is 506 g/mol. The maximum atomic E-state index is 13.9. The molecule has 2 aromatic heterocycles. The van der Waals surface area contributed by atoms with Crippen molar-refractivity contribution in [2.24, 2.45) is 0 Å². The van der Waals surface area contributed by atoms with E-state index in [4.69, 9.17) is 0 Å². The number of nitrogens with zero attached hydrogens (tertiary/aromatic N) is 6. The number of para-hydroxylation sites is 1. The first kappa shape index (κ1) is 23.4. The number of rotatable bonds is 4. The maximum absolute atomic E-state index is 13.9. The van der Waals surface area contributed by atoms with Crippen LogP contribution in [0.5, 0.6) is 0 Å². The molecule has 3 amide bonds. The molecule has 1 spiro atoms. The van der Waals surface area contributed by atoms with E-state index in [2.05, 4.69) is 20.1 Å². The van der Waals surface area contributed by atoms with Gasteiger partial charge in [0.15, 0.2) is 5.65 Å². The molecule has 6 rings (SSSR count). The molecule has 37 heavy (non-hydrogen) atoms. The van der Waals surface area contributed by atoms with Crippen molar-refractivity contribution in [2.45, 2.75) is 31.0 Å². The number of halogens is 1. The number of H-pyrrole nitrogens is 1. The molecule has 1 aromatic carbocycles. The Labute approximate surface area is 213 Å². The van der Waals surface area contributed by atoms with Crippen molar-refractivity contribution in [1.29, 1.82) is 0 Å². The third-order valence-corrected chi connectivity index (χ3v) is 7.81. The number of carbonyl (C=O) groups excluding carboxylic acids is 3. The van der Waals surface area contributed by atoms with E-state index in [1.807, 2.05) is 30.3 Å². The minimum absolute atomic E-state index is 0.0737. The second kappa shape index (κ2) is 9.13. The highest BCUT2D eigenvalue weighted by atomic mass is 19.1. The Hall–Kier alpha value is -4.02. The fourth-order valence-corrected chi connectivity index (χ4v) is 5.75. The lowest BCUT2D eigenvalue weighted by molar-refractivity contribution is -0.140. The molecule has 1 N–H and O–H groups in total. The average Bonchev–Trinajstić information content (AvgIpc) is 3.64. The fourth-order valence-electron chi connectivity index (χ4n) is 5.75. The van der Waals surface area contributed by atoms with Crippen molar-refractivity contribution < 1.29 is 18.8 Å². The Kier molecular flexibility index (Phi) is 5.77. The number of carbonyl (C=O) groups is 3. The highest BCUT2D eigenvalue weighted by Crippen LogP contribution is 2.39. The molecule has 1 atom stereocenters. The lowest BCUT2D eigenvalue weighted by atomic mass is 9.85. The number of aromatic amines is 1. The summed E-state index contributed by atoms with van der Waals surface area (Å²) in [5, 5.41) is 7.50. The number of anilines is 1. The first-order chi connectivity index (χ1) is 17.9. The second-order valence-electron chi connectivity index (χ2n) is 9.99. The van der Waals surface area contributed by atoms with Crippen LogP contribution in [0.4, 0.5) is 10.1 Å². The van der Waals surface area contributed by atoms with Gasteiger partial charge < -0.3 is 19.6 Å². The van der Waals surface area contributed by atoms with Crippen molar-refractivity contribution in [2.75, 3.05) is 44.3 Å². The number of nitrogens with one attached hydrogen (secondary N) is 1. The van der Waals surface area contributed by atoms with Gasteiger partial charge in [-0.3, -0.25) is 19.5 Å². The molecule has 0 unspecified atom stereocenters. The number of piperidine rings is 1. The quantitative estimate of drug-likeness (QED) is 0.580. The number of hydrogen-bond donors (Lipinski definition) is 1. The fraction of sp³-hybridized carbons (Fsp3) is 0.423. The number of amides is 3. The highest BCUT2D eigenvalue weighted by molar-refractivity contribution is 5.98. The molecule has 3 aliphatic rings. The third kappa shape index (κ3) is 4.08. The van der Waals surface area contributed by atoms with E-state index in [-0.39, 0.29) is 37.5 Å². The smallest absolute Gasteiger partial charge is 0.255 e. The van der Waals surface area contributed by atoms with Gasteiger partial charge in [0.2, 0.25) is 5.91 Å². The van der Waals surface area contributed by atoms with Crippen LogP contribution in [-0.4, -0.2) is 98.7 Å². The molecule has 0 saturated carbocycles. The zero-order valence-corrected chi connectivity index (χ0v) is 20.3. The third-order valence-electron chi connectivity index (χ3n) is 7.81. The highest BCUT2D eigenvalue weighted by Gasteiger charge is 2.54. The standard InChI is InChI=1S/C26H28FN7O3/c27-20-6-9-32(15-20)22(35)16-33-17-34(21-4-2-1-3-5-21)26(25(33)37)7-10-31(11-8-26)24(36)19-12-18-14-29-30-23(18)28-13-19/h1-5,12-14,20H,6-11,15-17H2,(H,28,29,30)/t20-/m0/s1. The summed E-state index contributed by atoms with van der Waals surface area (Å²) in [6, 6.07) is 11.4. The summed E-state index contributed by atoms with van der Waals surface area (Å²) in [5.74, 6) is -0.480. The first-order valence-corrected chi connectivity index (χ1v) is 12.6. The van der Waals surface area contributed by atoms with Gasteiger partial charge in [0.25, 0.3) is 11.8 Å². The summed E-state index contributed by atoms with van der Waals surface area (Å²) in [6.45, 7) is 1.47. The van der Waals surface area contributed by atoms with E-state index in [9.17, 15) is 18.8 Å². The molecule has 0 radical (unpaired) electrons. The van der Waals surface area contributed by atoms with Gasteiger partial charge >= 0.3 is 0 Å². The van der Waals surface area contributed by atoms with Crippen LogP contribution >= 0.6 is 0 Å². The van der Waals surface area contributed by atoms with Crippen LogP contribution in [0.1, 0.15) is 29.6 Å². The van der Waals surface area contributed by atoms with Gasteiger partial charge in [-0.05, 0) is 37.5 Å². The van der Waals surface area contributed by atoms with E-state index in [1.165, 1.54) is 11.1 Å². The predicted octanol–water partition coefficient (Wildman–Crippen LogP) is 1.81. The van der Waals surface area contributed by atoms with Gasteiger partial charge in [-0.25, -0.2) is 9.37 Å². The van der Waals surface area contributed by atoms with E-state index >= 15 is 0 Å². The van der Waals surface area contributed by atoms with Crippen LogP contribution in [0.2, 0.25) is 0 Å². The van der Waals surface area contributed by atoms with Crippen molar-refractivity contribution in [1.82, 2.24) is 29.9 Å². The number of hydrogen-bond acceptors (Lipinski definition) is 6. The maximum Gasteiger partial charge on any atom is 0.255 e. The van der Waals surface area contributed by atoms with E-state index in [0.29, 0.717) is 50.1 Å². The number of fused-ring (bicyclic) bond motifs is 1. The first-order valence-electron chi connectivity index (χ1n) is 12.6. The predicted molar refractivity (Wildman–Crippen MR) is 133 cm³/mol. The molecule has 0 bridgehead atoms. The van der Waals surface area contributed by atoms with Crippen LogP contribution in [0, 0.1) is 0 Å². The van der Waals surface area contributed by atoms with Crippen molar-refractivity contribution >= 4 is 34.4 Å². The van der Waals surface area contributed by atoms with Crippen molar-refractivity contribution in [3.8, 4) is 0 Å². The van der Waals surface area contributed by atoms with Gasteiger partial charge in [-0.15, -0.1) is 0 Å². The van der Waals surface area contributed by atoms with Crippen molar-refractivity contribution in [3.63, 3.8) is 0 Å². The zero-order valence-electron chi connectivity index (χ0n) is 20.3. The van der Waals surface area contributed by atoms with Crippen LogP contribution in [0.3, 0.4) is 0 Å². The molecule has 10 nitrogen and oxygen atoms in total. The van der Waals surface area contributed by atoms with E-state index in [1.54, 1.807) is 22.1 Å². The summed E-state index contributed by atoms with van der Waals surface area (Å²) in [6.07, 6.45) is 3.39. The molecule has 5 heterocycles. The Morgan fingerprint density at radius 2 is 1.86 bits per heavy atom. The van der Waals surface area contributed by atoms with Crippen molar-refractivity contribution in [3.05, 3.63) is 54.4 Å². The Balaban J connectivity index is 1.21. The van der Waals surface area contributed by atoms with Crippen LogP contribution in [-0.2, 0) is 9.59 Å². The number of benzene rings is 1. The minimum atomic E-state index is -1.00. The Bertz CT molecular complexity index is 1340. The molecular weight excluding hydrogens is 477 g/mol. The van der Waals surface area contributed by atoms with E-state index < -0.39 is 11.7 Å². The van der Waals surface area contributed by atoms with E-state index in [0.717, 1.165) is 11.1 Å². The second-order valence-corrected chi connectivity index (χ2v) is 9.99. The normalized spacial score (nSPS) is 21.4. The lowest BCUT2D eigenvalue weighted by Crippen LogP contribution is -2.57. The lowest BCUT2D eigenvalue weighted by Gasteiger charge is -2.43. The molecule has 3 saturated heterocycles. The number of likely N-dealkylation sites (tertiary alicyclic amines) is 2. The monoisotopic (exact) mass is 505 g/mol. The summed E-state index contributed by atoms with van der Waals surface area (Å²) >= 11 is 0.